The van der Waals surface area contributed by atoms with E-state index in [1.807, 2.05) is 0 Å². The Hall–Kier alpha value is -0.610. The molecule has 23 heavy (non-hydrogen) atoms. The number of carbonyl (C=O) groups excluding carboxylic acids is 1. The van der Waals surface area contributed by atoms with Gasteiger partial charge in [-0.3, -0.25) is 9.69 Å². The molecule has 4 nitrogen and oxygen atoms in total. The largest absolute Gasteiger partial charge is 0.390 e. The highest BCUT2D eigenvalue weighted by Gasteiger charge is 2.55. The van der Waals surface area contributed by atoms with E-state index in [1.54, 1.807) is 0 Å². The first kappa shape index (κ1) is 15.9. The summed E-state index contributed by atoms with van der Waals surface area (Å²) in [6.07, 6.45) is 10.3. The van der Waals surface area contributed by atoms with Gasteiger partial charge in [-0.1, -0.05) is 12.8 Å². The van der Waals surface area contributed by atoms with Gasteiger partial charge < -0.3 is 10.4 Å². The van der Waals surface area contributed by atoms with Gasteiger partial charge in [0.2, 0.25) is 5.91 Å². The summed E-state index contributed by atoms with van der Waals surface area (Å²) in [4.78, 5) is 15.2. The number of hydrogen-bond donors (Lipinski definition) is 2. The number of aliphatic hydroxyl groups is 1. The zero-order valence-corrected chi connectivity index (χ0v) is 14.5. The van der Waals surface area contributed by atoms with Gasteiger partial charge in [0.1, 0.15) is 0 Å². The summed E-state index contributed by atoms with van der Waals surface area (Å²) in [7, 11) is 0. The molecule has 1 aliphatic heterocycles. The molecule has 0 aromatic carbocycles. The summed E-state index contributed by atoms with van der Waals surface area (Å²) in [6, 6.07) is 0.308. The van der Waals surface area contributed by atoms with Gasteiger partial charge >= 0.3 is 0 Å². The van der Waals surface area contributed by atoms with Gasteiger partial charge in [0.15, 0.2) is 0 Å². The third-order valence-electron chi connectivity index (χ3n) is 7.12. The van der Waals surface area contributed by atoms with Crippen LogP contribution in [0.1, 0.15) is 64.7 Å². The van der Waals surface area contributed by atoms with Crippen molar-refractivity contribution in [2.45, 2.75) is 82.4 Å². The molecule has 4 aliphatic carbocycles. The van der Waals surface area contributed by atoms with E-state index in [4.69, 9.17) is 0 Å². The van der Waals surface area contributed by atoms with E-state index >= 15 is 0 Å². The fraction of sp³-hybridized carbons (Fsp3) is 0.947. The average molecular weight is 320 g/mol. The maximum absolute atomic E-state index is 12.8. The topological polar surface area (TPSA) is 52.6 Å². The number of nitrogens with zero attached hydrogens (tertiary/aromatic N) is 1. The molecular formula is C19H32N2O2. The van der Waals surface area contributed by atoms with E-state index in [0.29, 0.717) is 23.8 Å². The minimum atomic E-state index is -0.409. The molecule has 4 saturated carbocycles. The maximum Gasteiger partial charge on any atom is 0.237 e. The van der Waals surface area contributed by atoms with E-state index in [-0.39, 0.29) is 11.9 Å². The van der Waals surface area contributed by atoms with Gasteiger partial charge in [-0.25, -0.2) is 0 Å². The van der Waals surface area contributed by atoms with Gasteiger partial charge in [-0.2, -0.15) is 0 Å². The fourth-order valence-corrected chi connectivity index (χ4v) is 6.15. The third-order valence-corrected chi connectivity index (χ3v) is 7.12. The van der Waals surface area contributed by atoms with Crippen LogP contribution in [0.3, 0.4) is 0 Å². The standard InChI is InChI=1S/C19H32N2O2/c1-13(21-6-4-2-3-5-7-21)18(22)20-17-15-8-14-9-16(17)12-19(23,10-14)11-15/h13-17,23H,2-12H2,1H3,(H,20,22)/t13?,14?,15-,16+,17?,19?. The molecule has 130 valence electrons. The molecule has 6 atom stereocenters. The lowest BCUT2D eigenvalue weighted by Gasteiger charge is -2.58. The molecule has 4 unspecified atom stereocenters. The van der Waals surface area contributed by atoms with Crippen LogP contribution in [0, 0.1) is 17.8 Å². The molecule has 5 rings (SSSR count). The number of nitrogens with one attached hydrogen (secondary N) is 1. The average Bonchev–Trinajstić information content (AvgIpc) is 2.77. The van der Waals surface area contributed by atoms with E-state index in [9.17, 15) is 9.90 Å². The first-order valence-corrected chi connectivity index (χ1v) is 9.81. The van der Waals surface area contributed by atoms with Crippen molar-refractivity contribution < 1.29 is 9.90 Å². The van der Waals surface area contributed by atoms with Gasteiger partial charge in [-0.05, 0) is 82.7 Å². The van der Waals surface area contributed by atoms with Crippen LogP contribution >= 0.6 is 0 Å². The van der Waals surface area contributed by atoms with Crippen LogP contribution in [0.4, 0.5) is 0 Å². The van der Waals surface area contributed by atoms with Gasteiger partial charge in [0.05, 0.1) is 11.6 Å². The molecule has 0 spiro atoms. The number of amides is 1. The molecule has 2 N–H and O–H groups in total. The maximum atomic E-state index is 12.8. The summed E-state index contributed by atoms with van der Waals surface area (Å²) in [5.41, 5.74) is -0.409. The monoisotopic (exact) mass is 320 g/mol. The Morgan fingerprint density at radius 2 is 1.70 bits per heavy atom. The highest BCUT2D eigenvalue weighted by molar-refractivity contribution is 5.81. The van der Waals surface area contributed by atoms with Crippen LogP contribution in [-0.4, -0.2) is 46.7 Å². The Morgan fingerprint density at radius 3 is 2.26 bits per heavy atom. The van der Waals surface area contributed by atoms with Crippen LogP contribution < -0.4 is 5.32 Å². The minimum absolute atomic E-state index is 0.00613. The van der Waals surface area contributed by atoms with Crippen molar-refractivity contribution in [3.63, 3.8) is 0 Å². The van der Waals surface area contributed by atoms with Crippen molar-refractivity contribution >= 4 is 5.91 Å². The highest BCUT2D eigenvalue weighted by atomic mass is 16.3. The minimum Gasteiger partial charge on any atom is -0.390 e. The van der Waals surface area contributed by atoms with Gasteiger partial charge in [0, 0.05) is 6.04 Å². The van der Waals surface area contributed by atoms with Crippen molar-refractivity contribution in [2.24, 2.45) is 17.8 Å². The van der Waals surface area contributed by atoms with Crippen molar-refractivity contribution in [2.75, 3.05) is 13.1 Å². The Kier molecular flexibility index (Phi) is 4.17. The molecule has 0 aromatic heterocycles. The zero-order chi connectivity index (χ0) is 16.0. The van der Waals surface area contributed by atoms with Gasteiger partial charge in [-0.15, -0.1) is 0 Å². The van der Waals surface area contributed by atoms with Crippen molar-refractivity contribution in [1.82, 2.24) is 10.2 Å². The molecule has 0 aromatic rings. The molecule has 4 heteroatoms. The van der Waals surface area contributed by atoms with Gasteiger partial charge in [0.25, 0.3) is 0 Å². The number of rotatable bonds is 3. The number of carbonyl (C=O) groups is 1. The Balaban J connectivity index is 1.39. The second-order valence-corrected chi connectivity index (χ2v) is 8.85. The summed E-state index contributed by atoms with van der Waals surface area (Å²) in [5.74, 6) is 1.93. The first-order valence-electron chi connectivity index (χ1n) is 9.81. The highest BCUT2D eigenvalue weighted by Crippen LogP contribution is 2.55. The van der Waals surface area contributed by atoms with Crippen LogP contribution in [0.25, 0.3) is 0 Å². The third kappa shape index (κ3) is 3.05. The molecule has 1 amide bonds. The quantitative estimate of drug-likeness (QED) is 0.839. The second kappa shape index (κ2) is 6.03. The van der Waals surface area contributed by atoms with E-state index in [1.165, 1.54) is 38.5 Å². The zero-order valence-electron chi connectivity index (χ0n) is 14.5. The van der Waals surface area contributed by atoms with E-state index in [2.05, 4.69) is 17.1 Å². The summed E-state index contributed by atoms with van der Waals surface area (Å²) >= 11 is 0. The van der Waals surface area contributed by atoms with Crippen LogP contribution in [-0.2, 0) is 4.79 Å². The molecule has 0 radical (unpaired) electrons. The van der Waals surface area contributed by atoms with Crippen molar-refractivity contribution in [3.05, 3.63) is 0 Å². The summed E-state index contributed by atoms with van der Waals surface area (Å²) in [5, 5.41) is 14.1. The number of hydrogen-bond acceptors (Lipinski definition) is 3. The molecule has 1 saturated heterocycles. The lowest BCUT2D eigenvalue weighted by molar-refractivity contribution is -0.148. The Bertz CT molecular complexity index is 442. The Morgan fingerprint density at radius 1 is 1.09 bits per heavy atom. The molecule has 5 aliphatic rings. The summed E-state index contributed by atoms with van der Waals surface area (Å²) < 4.78 is 0. The van der Waals surface area contributed by atoms with Crippen LogP contribution in [0.5, 0.6) is 0 Å². The SMILES string of the molecule is CC(C(=O)NC1[C@@H]2CC3C[C@H]1CC(O)(C3)C2)N1CCCCCC1. The van der Waals surface area contributed by atoms with Crippen LogP contribution in [0.15, 0.2) is 0 Å². The van der Waals surface area contributed by atoms with Crippen LogP contribution in [0.2, 0.25) is 0 Å². The first-order chi connectivity index (χ1) is 11.0. The molecule has 5 fully saturated rings. The predicted octanol–water partition coefficient (Wildman–Crippen LogP) is 2.31. The normalized spacial score (nSPS) is 44.8. The molecule has 1 heterocycles. The molecule has 4 bridgehead atoms. The molecular weight excluding hydrogens is 288 g/mol. The second-order valence-electron chi connectivity index (χ2n) is 8.85. The van der Waals surface area contributed by atoms with Crippen molar-refractivity contribution in [1.29, 1.82) is 0 Å². The van der Waals surface area contributed by atoms with E-state index < -0.39 is 5.60 Å². The number of likely N-dealkylation sites (tertiary alicyclic amines) is 1. The van der Waals surface area contributed by atoms with Crippen molar-refractivity contribution in [3.8, 4) is 0 Å². The lowest BCUT2D eigenvalue weighted by Crippen LogP contribution is -2.63. The Labute approximate surface area is 140 Å². The smallest absolute Gasteiger partial charge is 0.237 e. The van der Waals surface area contributed by atoms with E-state index in [0.717, 1.165) is 32.4 Å². The fourth-order valence-electron chi connectivity index (χ4n) is 6.15. The predicted molar refractivity (Wildman–Crippen MR) is 89.9 cm³/mol. The lowest BCUT2D eigenvalue weighted by atomic mass is 9.52. The summed E-state index contributed by atoms with van der Waals surface area (Å²) in [6.45, 7) is 4.20.